The van der Waals surface area contributed by atoms with Gasteiger partial charge in [0.1, 0.15) is 12.2 Å². The molecule has 1 saturated carbocycles. The molecule has 0 amide bonds. The number of nitrogens with zero attached hydrogens (tertiary/aromatic N) is 3. The van der Waals surface area contributed by atoms with E-state index in [1.54, 1.807) is 6.33 Å². The first-order valence-electron chi connectivity index (χ1n) is 3.83. The van der Waals surface area contributed by atoms with Crippen molar-refractivity contribution in [2.45, 2.75) is 25.3 Å². The van der Waals surface area contributed by atoms with E-state index in [-0.39, 0.29) is 0 Å². The maximum absolute atomic E-state index is 5.65. The van der Waals surface area contributed by atoms with E-state index in [2.05, 4.69) is 10.2 Å². The normalized spacial score (nSPS) is 17.2. The molecule has 4 heteroatoms. The van der Waals surface area contributed by atoms with Crippen LogP contribution in [0.25, 0.3) is 0 Å². The van der Waals surface area contributed by atoms with Crippen molar-refractivity contribution in [3.05, 3.63) is 12.2 Å². The standard InChI is InChI=1S/C7H10ClN3/c8-3-7-10-9-5-11(7)4-6-1-2-6/h5-6H,1-4H2. The van der Waals surface area contributed by atoms with Gasteiger partial charge in [0, 0.05) is 6.54 Å². The Bertz CT molecular complexity index is 242. The second kappa shape index (κ2) is 2.81. The van der Waals surface area contributed by atoms with Crippen molar-refractivity contribution in [1.29, 1.82) is 0 Å². The molecule has 1 aromatic rings. The van der Waals surface area contributed by atoms with E-state index in [0.29, 0.717) is 5.88 Å². The number of hydrogen-bond donors (Lipinski definition) is 0. The maximum atomic E-state index is 5.65. The summed E-state index contributed by atoms with van der Waals surface area (Å²) in [6.07, 6.45) is 4.45. The van der Waals surface area contributed by atoms with Crippen LogP contribution in [0.15, 0.2) is 6.33 Å². The molecule has 11 heavy (non-hydrogen) atoms. The van der Waals surface area contributed by atoms with Gasteiger partial charge < -0.3 is 4.57 Å². The van der Waals surface area contributed by atoms with Gasteiger partial charge in [0.15, 0.2) is 0 Å². The van der Waals surface area contributed by atoms with E-state index in [1.807, 2.05) is 4.57 Å². The van der Waals surface area contributed by atoms with Crippen LogP contribution in [0.2, 0.25) is 0 Å². The molecular formula is C7H10ClN3. The number of halogens is 1. The van der Waals surface area contributed by atoms with Crippen molar-refractivity contribution in [2.24, 2.45) is 5.92 Å². The molecule has 1 aliphatic rings. The molecule has 0 aliphatic heterocycles. The number of aromatic nitrogens is 3. The topological polar surface area (TPSA) is 30.7 Å². The second-order valence-electron chi connectivity index (χ2n) is 2.98. The molecule has 1 fully saturated rings. The van der Waals surface area contributed by atoms with Crippen molar-refractivity contribution in [3.8, 4) is 0 Å². The molecule has 2 rings (SSSR count). The summed E-state index contributed by atoms with van der Waals surface area (Å²) in [4.78, 5) is 0. The highest BCUT2D eigenvalue weighted by molar-refractivity contribution is 6.16. The monoisotopic (exact) mass is 171 g/mol. The average molecular weight is 172 g/mol. The quantitative estimate of drug-likeness (QED) is 0.645. The van der Waals surface area contributed by atoms with E-state index < -0.39 is 0 Å². The Balaban J connectivity index is 2.07. The third-order valence-corrected chi connectivity index (χ3v) is 2.21. The van der Waals surface area contributed by atoms with Crippen molar-refractivity contribution < 1.29 is 0 Å². The van der Waals surface area contributed by atoms with Crippen LogP contribution in [0.4, 0.5) is 0 Å². The Labute approximate surface area is 70.4 Å². The Kier molecular flexibility index (Phi) is 1.82. The van der Waals surface area contributed by atoms with Gasteiger partial charge in [-0.2, -0.15) is 0 Å². The van der Waals surface area contributed by atoms with Crippen LogP contribution in [-0.2, 0) is 12.4 Å². The van der Waals surface area contributed by atoms with Gasteiger partial charge in [-0.3, -0.25) is 0 Å². The summed E-state index contributed by atoms with van der Waals surface area (Å²) in [5.41, 5.74) is 0. The van der Waals surface area contributed by atoms with Gasteiger partial charge in [-0.15, -0.1) is 21.8 Å². The molecule has 0 bridgehead atoms. The molecule has 0 radical (unpaired) electrons. The van der Waals surface area contributed by atoms with Crippen molar-refractivity contribution >= 4 is 11.6 Å². The maximum Gasteiger partial charge on any atom is 0.147 e. The third kappa shape index (κ3) is 1.53. The van der Waals surface area contributed by atoms with Crippen LogP contribution in [0.5, 0.6) is 0 Å². The van der Waals surface area contributed by atoms with Crippen molar-refractivity contribution in [1.82, 2.24) is 14.8 Å². The average Bonchev–Trinajstić information content (AvgIpc) is 2.68. The highest BCUT2D eigenvalue weighted by Crippen LogP contribution is 2.30. The predicted molar refractivity (Wildman–Crippen MR) is 42.3 cm³/mol. The summed E-state index contributed by atoms with van der Waals surface area (Å²) in [7, 11) is 0. The highest BCUT2D eigenvalue weighted by atomic mass is 35.5. The van der Waals surface area contributed by atoms with Gasteiger partial charge in [-0.1, -0.05) is 0 Å². The first-order chi connectivity index (χ1) is 5.40. The number of alkyl halides is 1. The van der Waals surface area contributed by atoms with Gasteiger partial charge >= 0.3 is 0 Å². The van der Waals surface area contributed by atoms with Crippen LogP contribution in [-0.4, -0.2) is 14.8 Å². The highest BCUT2D eigenvalue weighted by Gasteiger charge is 2.22. The second-order valence-corrected chi connectivity index (χ2v) is 3.24. The summed E-state index contributed by atoms with van der Waals surface area (Å²) in [5.74, 6) is 2.21. The molecule has 60 valence electrons. The van der Waals surface area contributed by atoms with Gasteiger partial charge in [-0.25, -0.2) is 0 Å². The van der Waals surface area contributed by atoms with Gasteiger partial charge in [0.05, 0.1) is 5.88 Å². The molecule has 1 aromatic heterocycles. The van der Waals surface area contributed by atoms with E-state index in [9.17, 15) is 0 Å². The summed E-state index contributed by atoms with van der Waals surface area (Å²) in [6, 6.07) is 0. The van der Waals surface area contributed by atoms with Crippen molar-refractivity contribution in [3.63, 3.8) is 0 Å². The lowest BCUT2D eigenvalue weighted by molar-refractivity contribution is 0.607. The van der Waals surface area contributed by atoms with Crippen LogP contribution < -0.4 is 0 Å². The zero-order valence-corrected chi connectivity index (χ0v) is 6.96. The van der Waals surface area contributed by atoms with Gasteiger partial charge in [0.2, 0.25) is 0 Å². The number of hydrogen-bond acceptors (Lipinski definition) is 2. The Morgan fingerprint density at radius 2 is 2.45 bits per heavy atom. The zero-order chi connectivity index (χ0) is 7.68. The SMILES string of the molecule is ClCc1nncn1CC1CC1. The fourth-order valence-corrected chi connectivity index (χ4v) is 1.32. The first kappa shape index (κ1) is 7.10. The molecular weight excluding hydrogens is 162 g/mol. The summed E-state index contributed by atoms with van der Waals surface area (Å²) >= 11 is 5.65. The lowest BCUT2D eigenvalue weighted by atomic mass is 10.4. The van der Waals surface area contributed by atoms with E-state index in [1.165, 1.54) is 12.8 Å². The minimum Gasteiger partial charge on any atom is -0.316 e. The fourth-order valence-electron chi connectivity index (χ4n) is 1.11. The molecule has 1 aliphatic carbocycles. The fraction of sp³-hybridized carbons (Fsp3) is 0.714. The van der Waals surface area contributed by atoms with Gasteiger partial charge in [-0.05, 0) is 18.8 Å². The van der Waals surface area contributed by atoms with Crippen molar-refractivity contribution in [2.75, 3.05) is 0 Å². The van der Waals surface area contributed by atoms with E-state index in [4.69, 9.17) is 11.6 Å². The lowest BCUT2D eigenvalue weighted by Gasteiger charge is -2.00. The molecule has 0 spiro atoms. The van der Waals surface area contributed by atoms with E-state index in [0.717, 1.165) is 18.3 Å². The molecule has 0 N–H and O–H groups in total. The van der Waals surface area contributed by atoms with Crippen LogP contribution >= 0.6 is 11.6 Å². The molecule has 0 unspecified atom stereocenters. The Morgan fingerprint density at radius 3 is 3.09 bits per heavy atom. The first-order valence-corrected chi connectivity index (χ1v) is 4.36. The third-order valence-electron chi connectivity index (χ3n) is 1.97. The van der Waals surface area contributed by atoms with Crippen LogP contribution in [0.1, 0.15) is 18.7 Å². The number of rotatable bonds is 3. The molecule has 1 heterocycles. The molecule has 0 atom stereocenters. The minimum absolute atomic E-state index is 0.465. The Hall–Kier alpha value is -0.570. The summed E-state index contributed by atoms with van der Waals surface area (Å²) in [5, 5.41) is 7.70. The molecule has 0 aromatic carbocycles. The predicted octanol–water partition coefficient (Wildman–Crippen LogP) is 1.43. The molecule has 3 nitrogen and oxygen atoms in total. The minimum atomic E-state index is 0.465. The zero-order valence-electron chi connectivity index (χ0n) is 6.20. The van der Waals surface area contributed by atoms with Crippen LogP contribution in [0, 0.1) is 5.92 Å². The lowest BCUT2D eigenvalue weighted by Crippen LogP contribution is -2.02. The summed E-state index contributed by atoms with van der Waals surface area (Å²) in [6.45, 7) is 1.05. The van der Waals surface area contributed by atoms with E-state index >= 15 is 0 Å². The largest absolute Gasteiger partial charge is 0.316 e. The smallest absolute Gasteiger partial charge is 0.147 e. The van der Waals surface area contributed by atoms with Crippen LogP contribution in [0.3, 0.4) is 0 Å². The summed E-state index contributed by atoms with van der Waals surface area (Å²) < 4.78 is 2.05. The Morgan fingerprint density at radius 1 is 1.64 bits per heavy atom. The molecule has 0 saturated heterocycles. The van der Waals surface area contributed by atoms with Gasteiger partial charge in [0.25, 0.3) is 0 Å².